The second kappa shape index (κ2) is 6.61. The molecular formula is C15H18Cl2N2O. The third-order valence-electron chi connectivity index (χ3n) is 3.30. The summed E-state index contributed by atoms with van der Waals surface area (Å²) in [5.41, 5.74) is 2.75. The van der Waals surface area contributed by atoms with Crippen molar-refractivity contribution in [2.75, 3.05) is 0 Å². The van der Waals surface area contributed by atoms with Crippen molar-refractivity contribution in [1.29, 1.82) is 0 Å². The van der Waals surface area contributed by atoms with Crippen LogP contribution < -0.4 is 0 Å². The van der Waals surface area contributed by atoms with Crippen molar-refractivity contribution in [2.45, 2.75) is 39.3 Å². The average molecular weight is 313 g/mol. The summed E-state index contributed by atoms with van der Waals surface area (Å²) in [5.74, 6) is 0. The van der Waals surface area contributed by atoms with Crippen LogP contribution in [0.1, 0.15) is 36.9 Å². The molecule has 0 aliphatic carbocycles. The van der Waals surface area contributed by atoms with Crippen LogP contribution >= 0.6 is 23.2 Å². The minimum atomic E-state index is -0.661. The first-order chi connectivity index (χ1) is 9.55. The minimum Gasteiger partial charge on any atom is -0.388 e. The Morgan fingerprint density at radius 1 is 1.25 bits per heavy atom. The van der Waals surface area contributed by atoms with Gasteiger partial charge in [0.2, 0.25) is 0 Å². The van der Waals surface area contributed by atoms with Crippen LogP contribution in [-0.2, 0) is 19.4 Å². The lowest BCUT2D eigenvalue weighted by molar-refractivity contribution is 0.175. The molecule has 2 rings (SSSR count). The van der Waals surface area contributed by atoms with Crippen LogP contribution in [0.5, 0.6) is 0 Å². The van der Waals surface area contributed by atoms with E-state index in [1.807, 2.05) is 17.7 Å². The lowest BCUT2D eigenvalue weighted by Gasteiger charge is -2.13. The maximum atomic E-state index is 10.4. The van der Waals surface area contributed by atoms with E-state index in [2.05, 4.69) is 12.0 Å². The van der Waals surface area contributed by atoms with Crippen LogP contribution in [0.15, 0.2) is 24.3 Å². The minimum absolute atomic E-state index is 0.488. The quantitative estimate of drug-likeness (QED) is 0.904. The Labute approximate surface area is 129 Å². The van der Waals surface area contributed by atoms with Crippen molar-refractivity contribution in [3.05, 3.63) is 51.3 Å². The predicted octanol–water partition coefficient (Wildman–Crippen LogP) is 4.05. The number of rotatable bonds is 5. The van der Waals surface area contributed by atoms with Gasteiger partial charge in [-0.3, -0.25) is 4.68 Å². The van der Waals surface area contributed by atoms with E-state index in [0.29, 0.717) is 22.0 Å². The molecule has 0 fully saturated rings. The van der Waals surface area contributed by atoms with Crippen LogP contribution in [0.4, 0.5) is 0 Å². The Morgan fingerprint density at radius 3 is 2.60 bits per heavy atom. The van der Waals surface area contributed by atoms with E-state index < -0.39 is 6.10 Å². The number of hydrogen-bond acceptors (Lipinski definition) is 2. The first-order valence-corrected chi connectivity index (χ1v) is 7.49. The Hall–Kier alpha value is -1.03. The summed E-state index contributed by atoms with van der Waals surface area (Å²) in [4.78, 5) is 0. The highest BCUT2D eigenvalue weighted by molar-refractivity contribution is 6.35. The summed E-state index contributed by atoms with van der Waals surface area (Å²) in [5, 5.41) is 15.9. The molecule has 3 nitrogen and oxygen atoms in total. The maximum Gasteiger partial charge on any atom is 0.0859 e. The largest absolute Gasteiger partial charge is 0.388 e. The van der Waals surface area contributed by atoms with Gasteiger partial charge in [-0.1, -0.05) is 36.2 Å². The van der Waals surface area contributed by atoms with Gasteiger partial charge in [0.05, 0.1) is 11.8 Å². The molecule has 0 radical (unpaired) electrons. The molecule has 108 valence electrons. The molecular weight excluding hydrogens is 295 g/mol. The van der Waals surface area contributed by atoms with Crippen LogP contribution in [0.2, 0.25) is 10.0 Å². The number of hydrogen-bond donors (Lipinski definition) is 1. The summed E-state index contributed by atoms with van der Waals surface area (Å²) in [6.45, 7) is 4.90. The number of aromatic nitrogens is 2. The molecule has 0 saturated heterocycles. The monoisotopic (exact) mass is 312 g/mol. The third-order valence-corrected chi connectivity index (χ3v) is 3.86. The molecule has 20 heavy (non-hydrogen) atoms. The summed E-state index contributed by atoms with van der Waals surface area (Å²) < 4.78 is 1.92. The molecule has 0 saturated carbocycles. The standard InChI is InChI=1S/C15H18Cl2N2O/c1-3-11-8-12(19(4-2)18-11)9-15(20)13-6-5-10(16)7-14(13)17/h5-8,15,20H,3-4,9H2,1-2H3. The summed E-state index contributed by atoms with van der Waals surface area (Å²) >= 11 is 12.0. The van der Waals surface area contributed by atoms with E-state index in [1.54, 1.807) is 18.2 Å². The number of aryl methyl sites for hydroxylation is 2. The van der Waals surface area contributed by atoms with E-state index >= 15 is 0 Å². The fourth-order valence-electron chi connectivity index (χ4n) is 2.21. The van der Waals surface area contributed by atoms with Gasteiger partial charge in [-0.15, -0.1) is 0 Å². The molecule has 1 heterocycles. The Balaban J connectivity index is 2.22. The Kier molecular flexibility index (Phi) is 5.08. The molecule has 0 aliphatic rings. The van der Waals surface area contributed by atoms with Crippen molar-refractivity contribution >= 4 is 23.2 Å². The topological polar surface area (TPSA) is 38.0 Å². The smallest absolute Gasteiger partial charge is 0.0859 e. The summed E-state index contributed by atoms with van der Waals surface area (Å²) in [6, 6.07) is 7.19. The molecule has 1 N–H and O–H groups in total. The molecule has 5 heteroatoms. The SMILES string of the molecule is CCc1cc(CC(O)c2ccc(Cl)cc2Cl)n(CC)n1. The second-order valence-corrected chi connectivity index (χ2v) is 5.53. The van der Waals surface area contributed by atoms with Crippen molar-refractivity contribution in [3.63, 3.8) is 0 Å². The zero-order valence-corrected chi connectivity index (χ0v) is 13.1. The highest BCUT2D eigenvalue weighted by Gasteiger charge is 2.16. The fourth-order valence-corrected chi connectivity index (χ4v) is 2.74. The van der Waals surface area contributed by atoms with E-state index in [1.165, 1.54) is 0 Å². The highest BCUT2D eigenvalue weighted by atomic mass is 35.5. The van der Waals surface area contributed by atoms with Gasteiger partial charge in [0.25, 0.3) is 0 Å². The molecule has 1 aromatic carbocycles. The zero-order valence-electron chi connectivity index (χ0n) is 11.6. The van der Waals surface area contributed by atoms with E-state index in [0.717, 1.165) is 24.4 Å². The van der Waals surface area contributed by atoms with E-state index in [-0.39, 0.29) is 0 Å². The van der Waals surface area contributed by atoms with Crippen LogP contribution in [0, 0.1) is 0 Å². The first kappa shape index (κ1) is 15.4. The zero-order chi connectivity index (χ0) is 14.7. The van der Waals surface area contributed by atoms with Crippen molar-refractivity contribution < 1.29 is 5.11 Å². The first-order valence-electron chi connectivity index (χ1n) is 6.73. The maximum absolute atomic E-state index is 10.4. The molecule has 1 unspecified atom stereocenters. The molecule has 0 amide bonds. The van der Waals surface area contributed by atoms with Gasteiger partial charge in [-0.05, 0) is 37.1 Å². The normalized spacial score (nSPS) is 12.7. The van der Waals surface area contributed by atoms with Gasteiger partial charge in [0, 0.05) is 28.7 Å². The lowest BCUT2D eigenvalue weighted by Crippen LogP contribution is -2.08. The molecule has 0 bridgehead atoms. The predicted molar refractivity (Wildman–Crippen MR) is 82.4 cm³/mol. The number of aliphatic hydroxyl groups excluding tert-OH is 1. The van der Waals surface area contributed by atoms with Crippen molar-refractivity contribution in [2.24, 2.45) is 0 Å². The lowest BCUT2D eigenvalue weighted by atomic mass is 10.0. The van der Waals surface area contributed by atoms with Crippen LogP contribution in [0.25, 0.3) is 0 Å². The van der Waals surface area contributed by atoms with Gasteiger partial charge in [-0.25, -0.2) is 0 Å². The van der Waals surface area contributed by atoms with Crippen LogP contribution in [0.3, 0.4) is 0 Å². The van der Waals surface area contributed by atoms with Crippen molar-refractivity contribution in [3.8, 4) is 0 Å². The summed E-state index contributed by atoms with van der Waals surface area (Å²) in [7, 11) is 0. The van der Waals surface area contributed by atoms with Crippen LogP contribution in [-0.4, -0.2) is 14.9 Å². The second-order valence-electron chi connectivity index (χ2n) is 4.68. The number of benzene rings is 1. The highest BCUT2D eigenvalue weighted by Crippen LogP contribution is 2.28. The van der Waals surface area contributed by atoms with Gasteiger partial charge in [-0.2, -0.15) is 5.10 Å². The molecule has 1 aromatic heterocycles. The molecule has 0 aliphatic heterocycles. The van der Waals surface area contributed by atoms with Gasteiger partial charge < -0.3 is 5.11 Å². The number of halogens is 2. The van der Waals surface area contributed by atoms with E-state index in [9.17, 15) is 5.11 Å². The number of aliphatic hydroxyl groups is 1. The fraction of sp³-hybridized carbons (Fsp3) is 0.400. The van der Waals surface area contributed by atoms with Gasteiger partial charge >= 0.3 is 0 Å². The molecule has 0 spiro atoms. The Bertz CT molecular complexity index is 596. The van der Waals surface area contributed by atoms with Gasteiger partial charge in [0.1, 0.15) is 0 Å². The van der Waals surface area contributed by atoms with Gasteiger partial charge in [0.15, 0.2) is 0 Å². The number of nitrogens with zero attached hydrogens (tertiary/aromatic N) is 2. The molecule has 1 atom stereocenters. The molecule has 2 aromatic rings. The Morgan fingerprint density at radius 2 is 2.00 bits per heavy atom. The summed E-state index contributed by atoms with van der Waals surface area (Å²) in [6.07, 6.45) is 0.714. The average Bonchev–Trinajstić information content (AvgIpc) is 2.80. The van der Waals surface area contributed by atoms with Crippen molar-refractivity contribution in [1.82, 2.24) is 9.78 Å². The van der Waals surface area contributed by atoms with E-state index in [4.69, 9.17) is 23.2 Å². The third kappa shape index (κ3) is 3.35.